The SMILES string of the molecule is CCCCCCCCCCCCOc1ccc(C2(c3ccc(OCCCCCCCCCCCC)cc3)C3=Cc4c5c(sc4=C3C(c3ccc(OCCCCCCCCCCCC)cc3)(c3ccc(OCCCCCCCCCCCC)cc3)C3C=c4c(sc6ccsc46)=C32)=CCS5)cc1. The molecule has 1 unspecified atom stereocenters. The summed E-state index contributed by atoms with van der Waals surface area (Å²) in [5, 5.41) is 3.71. The molecule has 1 fully saturated rings. The van der Waals surface area contributed by atoms with Crippen molar-refractivity contribution in [2.75, 3.05) is 32.2 Å². The molecule has 7 aromatic rings. The number of thiophene rings is 3. The van der Waals surface area contributed by atoms with Crippen LogP contribution in [0.15, 0.2) is 119 Å². The van der Waals surface area contributed by atoms with Gasteiger partial charge in [-0.2, -0.15) is 0 Å². The first-order chi connectivity index (χ1) is 49.5. The van der Waals surface area contributed by atoms with Gasteiger partial charge in [-0.1, -0.05) is 320 Å². The van der Waals surface area contributed by atoms with Gasteiger partial charge in [-0.3, -0.25) is 0 Å². The average molecular weight is 1420 g/mol. The van der Waals surface area contributed by atoms with Crippen LogP contribution in [0.25, 0.3) is 38.8 Å². The van der Waals surface area contributed by atoms with Gasteiger partial charge in [0, 0.05) is 45.6 Å². The Labute approximate surface area is 621 Å². The van der Waals surface area contributed by atoms with E-state index in [-0.39, 0.29) is 5.92 Å². The Bertz CT molecular complexity index is 3690. The van der Waals surface area contributed by atoms with E-state index in [9.17, 15) is 0 Å². The lowest BCUT2D eigenvalue weighted by Gasteiger charge is -2.55. The molecule has 3 aromatic heterocycles. The van der Waals surface area contributed by atoms with Crippen molar-refractivity contribution < 1.29 is 18.9 Å². The quantitative estimate of drug-likeness (QED) is 0.0355. The maximum atomic E-state index is 6.74. The molecule has 0 N–H and O–H groups in total. The van der Waals surface area contributed by atoms with Crippen molar-refractivity contribution in [3.8, 4) is 23.0 Å². The zero-order valence-corrected chi connectivity index (χ0v) is 65.6. The molecule has 4 aliphatic rings. The van der Waals surface area contributed by atoms with Crippen molar-refractivity contribution in [3.05, 3.63) is 161 Å². The fraction of sp³-hybridized carbons (Fsp3) is 0.565. The number of thioether (sulfide) groups is 1. The van der Waals surface area contributed by atoms with E-state index in [1.54, 1.807) is 0 Å². The Kier molecular flexibility index (Phi) is 31.1. The third kappa shape index (κ3) is 19.1. The molecule has 540 valence electrons. The summed E-state index contributed by atoms with van der Waals surface area (Å²) < 4.78 is 34.0. The van der Waals surface area contributed by atoms with Crippen LogP contribution in [0.2, 0.25) is 0 Å². The standard InChI is InChI=1S/C92H124O4S4/c1-5-9-13-17-21-25-29-33-37-41-63-93-75-53-45-71(46-54-75)91(72-47-55-76(56-48-72)94-64-42-38-34-30-26-22-18-14-10-6-2)81-69-79-87-84(62-68-97-87)100-90(79)86(81)92(82-70-80-88-83(61-67-98-88)99-89(80)85(82)91,73-49-57-77(58-50-73)95-65-43-39-35-31-27-23-19-15-11-7-3)74-51-59-78(60-52-74)96-66-44-40-36-32-28-24-20-16-12-8-4/h45-62,67,69-70,82H,5-44,63-66,68H2,1-4H3. The third-order valence-corrected chi connectivity index (χ3v) is 27.0. The summed E-state index contributed by atoms with van der Waals surface area (Å²) in [5.41, 5.74) is 9.49. The van der Waals surface area contributed by atoms with Gasteiger partial charge >= 0.3 is 0 Å². The minimum Gasteiger partial charge on any atom is -0.494 e. The Hall–Kier alpha value is -4.99. The van der Waals surface area contributed by atoms with Crippen LogP contribution in [-0.4, -0.2) is 32.2 Å². The van der Waals surface area contributed by atoms with Crippen LogP contribution in [0.3, 0.4) is 0 Å². The number of ether oxygens (including phenoxy) is 4. The summed E-state index contributed by atoms with van der Waals surface area (Å²) >= 11 is 7.98. The highest BCUT2D eigenvalue weighted by atomic mass is 32.2. The highest BCUT2D eigenvalue weighted by Gasteiger charge is 2.63. The summed E-state index contributed by atoms with van der Waals surface area (Å²) in [6.07, 6.45) is 60.4. The van der Waals surface area contributed by atoms with Gasteiger partial charge in [-0.15, -0.1) is 45.8 Å². The van der Waals surface area contributed by atoms with Crippen molar-refractivity contribution in [1.82, 2.24) is 0 Å². The van der Waals surface area contributed by atoms with E-state index in [1.165, 1.54) is 309 Å². The van der Waals surface area contributed by atoms with Crippen molar-refractivity contribution in [2.24, 2.45) is 5.92 Å². The monoisotopic (exact) mass is 1420 g/mol. The molecular formula is C92H124O4S4. The molecule has 0 bridgehead atoms. The van der Waals surface area contributed by atoms with Gasteiger partial charge in [0.15, 0.2) is 0 Å². The molecule has 4 aromatic carbocycles. The van der Waals surface area contributed by atoms with Crippen LogP contribution < -0.4 is 37.8 Å². The molecule has 3 aliphatic carbocycles. The predicted molar refractivity (Wildman–Crippen MR) is 437 cm³/mol. The molecule has 8 heteroatoms. The molecule has 4 heterocycles. The summed E-state index contributed by atoms with van der Waals surface area (Å²) in [6.45, 7) is 12.2. The van der Waals surface area contributed by atoms with E-state index in [1.807, 2.05) is 45.8 Å². The van der Waals surface area contributed by atoms with Crippen LogP contribution in [-0.2, 0) is 10.8 Å². The number of allylic oxidation sites excluding steroid dienone is 1. The van der Waals surface area contributed by atoms with E-state index in [0.29, 0.717) is 0 Å². The largest absolute Gasteiger partial charge is 0.494 e. The van der Waals surface area contributed by atoms with Crippen LogP contribution in [0.5, 0.6) is 23.0 Å². The highest BCUT2D eigenvalue weighted by molar-refractivity contribution is 8.00. The maximum absolute atomic E-state index is 6.74. The van der Waals surface area contributed by atoms with E-state index < -0.39 is 10.8 Å². The van der Waals surface area contributed by atoms with Crippen molar-refractivity contribution >= 4 is 84.5 Å². The minimum atomic E-state index is -0.697. The topological polar surface area (TPSA) is 36.9 Å². The second-order valence-corrected chi connectivity index (χ2v) is 33.8. The van der Waals surface area contributed by atoms with Crippen LogP contribution in [0, 0.1) is 5.92 Å². The highest BCUT2D eigenvalue weighted by Crippen LogP contribution is 2.68. The average Bonchev–Trinajstić information content (AvgIpc) is 1.44. The number of hydrogen-bond acceptors (Lipinski definition) is 8. The van der Waals surface area contributed by atoms with Gasteiger partial charge in [0.05, 0.1) is 42.0 Å². The van der Waals surface area contributed by atoms with Gasteiger partial charge < -0.3 is 18.9 Å². The predicted octanol–water partition coefficient (Wildman–Crippen LogP) is 25.9. The second-order valence-electron chi connectivity index (χ2n) is 29.8. The van der Waals surface area contributed by atoms with E-state index in [4.69, 9.17) is 18.9 Å². The second kappa shape index (κ2) is 40.9. The first kappa shape index (κ1) is 76.1. The zero-order chi connectivity index (χ0) is 68.9. The van der Waals surface area contributed by atoms with E-state index in [2.05, 4.69) is 154 Å². The Morgan fingerprint density at radius 2 is 0.730 bits per heavy atom. The molecule has 1 aliphatic heterocycles. The minimum absolute atomic E-state index is 0.0803. The molecule has 100 heavy (non-hydrogen) atoms. The van der Waals surface area contributed by atoms with Gasteiger partial charge in [-0.05, 0) is 131 Å². The maximum Gasteiger partial charge on any atom is 0.119 e. The fourth-order valence-electron chi connectivity index (χ4n) is 16.9. The lowest BCUT2D eigenvalue weighted by Crippen LogP contribution is -2.52. The lowest BCUT2D eigenvalue weighted by molar-refractivity contribution is 0.303. The molecule has 0 radical (unpaired) electrons. The molecule has 4 nitrogen and oxygen atoms in total. The molecule has 0 amide bonds. The van der Waals surface area contributed by atoms with Crippen LogP contribution in [0.1, 0.15) is 312 Å². The summed E-state index contributed by atoms with van der Waals surface area (Å²) in [5.74, 6) is 4.74. The number of fused-ring (bicyclic) bond motifs is 8. The number of unbranched alkanes of at least 4 members (excludes halogenated alkanes) is 36. The number of hydrogen-bond donors (Lipinski definition) is 0. The number of benzene rings is 4. The lowest BCUT2D eigenvalue weighted by atomic mass is 9.46. The molecule has 11 rings (SSSR count). The summed E-state index contributed by atoms with van der Waals surface area (Å²) in [6, 6.07) is 40.5. The van der Waals surface area contributed by atoms with Crippen LogP contribution >= 0.6 is 45.8 Å². The van der Waals surface area contributed by atoms with E-state index >= 15 is 0 Å². The summed E-state index contributed by atoms with van der Waals surface area (Å²) in [4.78, 5) is 1.44. The van der Waals surface area contributed by atoms with Crippen molar-refractivity contribution in [2.45, 2.75) is 300 Å². The Morgan fingerprint density at radius 3 is 1.10 bits per heavy atom. The van der Waals surface area contributed by atoms with Crippen LogP contribution in [0.4, 0.5) is 0 Å². The van der Waals surface area contributed by atoms with E-state index in [0.717, 1.165) is 80.9 Å². The Morgan fingerprint density at radius 1 is 0.380 bits per heavy atom. The fourth-order valence-corrected chi connectivity index (χ4v) is 22.0. The first-order valence-corrected chi connectivity index (χ1v) is 44.4. The first-order valence-electron chi connectivity index (χ1n) is 40.9. The third-order valence-electron chi connectivity index (χ3n) is 22.4. The van der Waals surface area contributed by atoms with Gasteiger partial charge in [0.2, 0.25) is 0 Å². The Balaban J connectivity index is 0.967. The normalized spacial score (nSPS) is 15.3. The van der Waals surface area contributed by atoms with Crippen molar-refractivity contribution in [1.29, 1.82) is 0 Å². The summed E-state index contributed by atoms with van der Waals surface area (Å²) in [7, 11) is 0. The van der Waals surface area contributed by atoms with Gasteiger partial charge in [-0.25, -0.2) is 0 Å². The van der Waals surface area contributed by atoms with Crippen molar-refractivity contribution in [3.63, 3.8) is 0 Å². The molecule has 0 saturated heterocycles. The molecule has 1 atom stereocenters. The molecule has 0 spiro atoms. The van der Waals surface area contributed by atoms with Gasteiger partial charge in [0.25, 0.3) is 0 Å². The smallest absolute Gasteiger partial charge is 0.119 e. The zero-order valence-electron chi connectivity index (χ0n) is 62.3. The molecule has 1 saturated carbocycles. The molecular weight excluding hydrogens is 1300 g/mol. The van der Waals surface area contributed by atoms with Gasteiger partial charge in [0.1, 0.15) is 23.0 Å². The number of rotatable bonds is 52.